The molecule has 6 heteroatoms. The maximum absolute atomic E-state index is 12.6. The summed E-state index contributed by atoms with van der Waals surface area (Å²) in [5, 5.41) is 7.11. The van der Waals surface area contributed by atoms with Crippen molar-refractivity contribution in [3.05, 3.63) is 82.7 Å². The van der Waals surface area contributed by atoms with Crippen molar-refractivity contribution >= 4 is 5.91 Å². The number of benzene rings is 2. The molecule has 2 aromatic carbocycles. The summed E-state index contributed by atoms with van der Waals surface area (Å²) in [6.07, 6.45) is 1.01. The van der Waals surface area contributed by atoms with Crippen LogP contribution in [0.4, 0.5) is 0 Å². The van der Waals surface area contributed by atoms with Crippen LogP contribution in [0.1, 0.15) is 39.4 Å². The number of hydrogen-bond acceptors (Lipinski definition) is 4. The summed E-state index contributed by atoms with van der Waals surface area (Å²) in [7, 11) is 0. The molecule has 3 aromatic rings. The molecular formula is C24H28N3O3+. The maximum atomic E-state index is 12.6. The van der Waals surface area contributed by atoms with Crippen molar-refractivity contribution in [1.82, 2.24) is 10.5 Å². The first-order valence-corrected chi connectivity index (χ1v) is 10.4. The number of quaternary nitrogens is 1. The largest absolute Gasteiger partial charge is 0.489 e. The van der Waals surface area contributed by atoms with Gasteiger partial charge in [0.2, 0.25) is 0 Å². The predicted molar refractivity (Wildman–Crippen MR) is 113 cm³/mol. The first-order chi connectivity index (χ1) is 14.6. The highest BCUT2D eigenvalue weighted by Gasteiger charge is 2.27. The molecule has 4 rings (SSSR count). The molecule has 6 nitrogen and oxygen atoms in total. The molecule has 1 unspecified atom stereocenters. The van der Waals surface area contributed by atoms with Gasteiger partial charge in [-0.2, -0.15) is 0 Å². The number of hydrogen-bond donors (Lipinski definition) is 2. The van der Waals surface area contributed by atoms with Gasteiger partial charge in [0, 0.05) is 17.5 Å². The van der Waals surface area contributed by atoms with Gasteiger partial charge in [-0.3, -0.25) is 4.79 Å². The average molecular weight is 407 g/mol. The molecule has 1 aliphatic heterocycles. The summed E-state index contributed by atoms with van der Waals surface area (Å²) in [5.41, 5.74) is 3.78. The Kier molecular flexibility index (Phi) is 6.14. The van der Waals surface area contributed by atoms with Gasteiger partial charge in [0.25, 0.3) is 5.91 Å². The van der Waals surface area contributed by atoms with Crippen molar-refractivity contribution in [3.63, 3.8) is 0 Å². The van der Waals surface area contributed by atoms with Crippen molar-refractivity contribution in [2.45, 2.75) is 39.5 Å². The second-order valence-corrected chi connectivity index (χ2v) is 7.94. The topological polar surface area (TPSA) is 68.8 Å². The fraction of sp³-hybridized carbons (Fsp3) is 0.333. The van der Waals surface area contributed by atoms with Crippen molar-refractivity contribution in [2.75, 3.05) is 13.1 Å². The Morgan fingerprint density at radius 3 is 2.63 bits per heavy atom. The minimum Gasteiger partial charge on any atom is -0.489 e. The zero-order valence-corrected chi connectivity index (χ0v) is 17.5. The number of aryl methyl sites for hydroxylation is 2. The Labute approximate surface area is 176 Å². The molecule has 1 saturated heterocycles. The quantitative estimate of drug-likeness (QED) is 0.633. The lowest BCUT2D eigenvalue weighted by atomic mass is 10.1. The maximum Gasteiger partial charge on any atom is 0.251 e. The van der Waals surface area contributed by atoms with Crippen LogP contribution in [-0.2, 0) is 13.2 Å². The SMILES string of the molecule is Cc1noc(C)c1COc1ccc(C(=O)N[C@@H]2CC[NH+](Cc3ccccc3)C2)cc1. The van der Waals surface area contributed by atoms with Crippen molar-refractivity contribution in [3.8, 4) is 5.75 Å². The molecule has 1 aromatic heterocycles. The van der Waals surface area contributed by atoms with Crippen molar-refractivity contribution in [2.24, 2.45) is 0 Å². The zero-order chi connectivity index (χ0) is 20.9. The Hall–Kier alpha value is -3.12. The normalized spacial score (nSPS) is 18.3. The smallest absolute Gasteiger partial charge is 0.251 e. The van der Waals surface area contributed by atoms with Crippen LogP contribution in [0.15, 0.2) is 59.1 Å². The van der Waals surface area contributed by atoms with Gasteiger partial charge >= 0.3 is 0 Å². The van der Waals surface area contributed by atoms with Crippen molar-refractivity contribution < 1.29 is 19.0 Å². The monoisotopic (exact) mass is 406 g/mol. The van der Waals surface area contributed by atoms with E-state index in [2.05, 4.69) is 34.7 Å². The summed E-state index contributed by atoms with van der Waals surface area (Å²) in [6, 6.07) is 18.0. The summed E-state index contributed by atoms with van der Waals surface area (Å²) in [5.74, 6) is 1.45. The molecule has 2 atom stereocenters. The van der Waals surface area contributed by atoms with Gasteiger partial charge in [0.15, 0.2) is 0 Å². The molecule has 156 valence electrons. The van der Waals surface area contributed by atoms with Crippen LogP contribution >= 0.6 is 0 Å². The lowest BCUT2D eigenvalue weighted by Crippen LogP contribution is -3.09. The number of likely N-dealkylation sites (tertiary alicyclic amines) is 1. The lowest BCUT2D eigenvalue weighted by Gasteiger charge is -2.14. The van der Waals surface area contributed by atoms with Gasteiger partial charge in [-0.05, 0) is 38.1 Å². The van der Waals surface area contributed by atoms with E-state index >= 15 is 0 Å². The van der Waals surface area contributed by atoms with Gasteiger partial charge in [-0.25, -0.2) is 0 Å². The third-order valence-corrected chi connectivity index (χ3v) is 5.69. The Morgan fingerprint density at radius 1 is 1.17 bits per heavy atom. The Bertz CT molecular complexity index is 963. The van der Waals surface area contributed by atoms with Gasteiger partial charge in [0.1, 0.15) is 24.7 Å². The van der Waals surface area contributed by atoms with E-state index in [9.17, 15) is 4.79 Å². The van der Waals surface area contributed by atoms with Crippen molar-refractivity contribution in [1.29, 1.82) is 0 Å². The highest BCUT2D eigenvalue weighted by atomic mass is 16.5. The highest BCUT2D eigenvalue weighted by molar-refractivity contribution is 5.94. The zero-order valence-electron chi connectivity index (χ0n) is 17.5. The van der Waals surface area contributed by atoms with Gasteiger partial charge in [0.05, 0.1) is 30.4 Å². The number of aromatic nitrogens is 1. The Balaban J connectivity index is 1.27. The standard InChI is InChI=1S/C24H27N3O3/c1-17-23(18(2)30-26-17)16-29-22-10-8-20(9-11-22)24(28)25-21-12-13-27(15-21)14-19-6-4-3-5-7-19/h3-11,21H,12-16H2,1-2H3,(H,25,28)/p+1/t21-/m1/s1. The minimum atomic E-state index is -0.0294. The number of amides is 1. The molecule has 0 bridgehead atoms. The molecule has 1 fully saturated rings. The molecule has 30 heavy (non-hydrogen) atoms. The van der Waals surface area contributed by atoms with Crippen LogP contribution in [0.3, 0.4) is 0 Å². The van der Waals surface area contributed by atoms with E-state index in [0.29, 0.717) is 17.9 Å². The minimum absolute atomic E-state index is 0.0294. The first kappa shape index (κ1) is 20.2. The summed E-state index contributed by atoms with van der Waals surface area (Å²) >= 11 is 0. The van der Waals surface area contributed by atoms with Crippen LogP contribution in [-0.4, -0.2) is 30.2 Å². The van der Waals surface area contributed by atoms with Gasteiger partial charge < -0.3 is 19.5 Å². The molecule has 0 radical (unpaired) electrons. The average Bonchev–Trinajstić information content (AvgIpc) is 3.33. The van der Waals surface area contributed by atoms with E-state index in [1.807, 2.05) is 44.2 Å². The Morgan fingerprint density at radius 2 is 1.93 bits per heavy atom. The third-order valence-electron chi connectivity index (χ3n) is 5.69. The summed E-state index contributed by atoms with van der Waals surface area (Å²) < 4.78 is 11.0. The van der Waals surface area contributed by atoms with E-state index in [1.165, 1.54) is 10.5 Å². The second kappa shape index (κ2) is 9.13. The molecule has 0 saturated carbocycles. The highest BCUT2D eigenvalue weighted by Crippen LogP contribution is 2.18. The van der Waals surface area contributed by atoms with E-state index < -0.39 is 0 Å². The van der Waals surface area contributed by atoms with Gasteiger partial charge in [-0.15, -0.1) is 0 Å². The van der Waals surface area contributed by atoms with Crippen LogP contribution in [0.25, 0.3) is 0 Å². The number of carbonyl (C=O) groups is 1. The lowest BCUT2D eigenvalue weighted by molar-refractivity contribution is -0.901. The number of carbonyl (C=O) groups excluding carboxylic acids is 1. The molecule has 1 amide bonds. The van der Waals surface area contributed by atoms with Crippen LogP contribution in [0.5, 0.6) is 5.75 Å². The number of rotatable bonds is 7. The van der Waals surface area contributed by atoms with E-state index in [4.69, 9.17) is 9.26 Å². The van der Waals surface area contributed by atoms with Crippen LogP contribution < -0.4 is 15.0 Å². The summed E-state index contributed by atoms with van der Waals surface area (Å²) in [4.78, 5) is 14.1. The fourth-order valence-electron chi connectivity index (χ4n) is 3.93. The molecule has 1 aliphatic rings. The van der Waals surface area contributed by atoms with E-state index in [1.54, 1.807) is 0 Å². The predicted octanol–water partition coefficient (Wildman–Crippen LogP) is 2.46. The fourth-order valence-corrected chi connectivity index (χ4v) is 3.93. The first-order valence-electron chi connectivity index (χ1n) is 10.4. The molecule has 2 N–H and O–H groups in total. The molecule has 0 spiro atoms. The molecule has 0 aliphatic carbocycles. The van der Waals surface area contributed by atoms with Gasteiger partial charge in [-0.1, -0.05) is 35.5 Å². The van der Waals surface area contributed by atoms with Crippen LogP contribution in [0, 0.1) is 13.8 Å². The third kappa shape index (κ3) is 4.89. The van der Waals surface area contributed by atoms with Crippen LogP contribution in [0.2, 0.25) is 0 Å². The van der Waals surface area contributed by atoms with E-state index in [-0.39, 0.29) is 11.9 Å². The number of nitrogens with zero attached hydrogens (tertiary/aromatic N) is 1. The number of nitrogens with one attached hydrogen (secondary N) is 2. The molecular weight excluding hydrogens is 378 g/mol. The van der Waals surface area contributed by atoms with E-state index in [0.717, 1.165) is 43.1 Å². The number of ether oxygens (including phenoxy) is 1. The molecule has 2 heterocycles. The second-order valence-electron chi connectivity index (χ2n) is 7.94. The summed E-state index contributed by atoms with van der Waals surface area (Å²) in [6.45, 7) is 7.21.